The fourth-order valence-corrected chi connectivity index (χ4v) is 4.22. The molecule has 8 heteroatoms. The van der Waals surface area contributed by atoms with Crippen molar-refractivity contribution >= 4 is 23.3 Å². The van der Waals surface area contributed by atoms with Crippen LogP contribution in [0.3, 0.4) is 0 Å². The molecule has 1 aromatic heterocycles. The number of rotatable bonds is 2. The van der Waals surface area contributed by atoms with E-state index in [4.69, 9.17) is 11.6 Å². The second-order valence-corrected chi connectivity index (χ2v) is 7.64. The van der Waals surface area contributed by atoms with Crippen LogP contribution in [0.1, 0.15) is 23.2 Å². The van der Waals surface area contributed by atoms with Gasteiger partial charge < -0.3 is 9.80 Å². The van der Waals surface area contributed by atoms with Gasteiger partial charge in [0, 0.05) is 55.6 Å². The molecule has 1 amide bonds. The number of piperidine rings is 1. The molecule has 142 valence electrons. The molecular weight excluding hydrogens is 374 g/mol. The first kappa shape index (κ1) is 18.1. The molecule has 2 aromatic rings. The zero-order chi connectivity index (χ0) is 19.1. The number of benzene rings is 1. The summed E-state index contributed by atoms with van der Waals surface area (Å²) in [5.74, 6) is -2.51. The summed E-state index contributed by atoms with van der Waals surface area (Å²) >= 11 is 5.97. The van der Waals surface area contributed by atoms with Crippen molar-refractivity contribution in [2.75, 3.05) is 31.1 Å². The van der Waals surface area contributed by atoms with E-state index in [0.717, 1.165) is 0 Å². The number of nitrogens with zero attached hydrogens (tertiary/aromatic N) is 4. The quantitative estimate of drug-likeness (QED) is 0.784. The molecule has 0 radical (unpaired) electrons. The maximum absolute atomic E-state index is 14.9. The molecule has 1 atom stereocenters. The topological polar surface area (TPSA) is 49.3 Å². The van der Waals surface area contributed by atoms with Crippen LogP contribution >= 0.6 is 11.6 Å². The predicted octanol–water partition coefficient (Wildman–Crippen LogP) is 3.51. The second kappa shape index (κ2) is 6.71. The average molecular weight is 393 g/mol. The van der Waals surface area contributed by atoms with Crippen LogP contribution in [-0.4, -0.2) is 52.9 Å². The number of carbonyl (C=O) groups excluding carboxylic acids is 1. The molecule has 27 heavy (non-hydrogen) atoms. The summed E-state index contributed by atoms with van der Waals surface area (Å²) in [6.45, 7) is 0.666. The Bertz CT molecular complexity index is 851. The summed E-state index contributed by atoms with van der Waals surface area (Å²) in [4.78, 5) is 24.4. The smallest absolute Gasteiger partial charge is 0.258 e. The van der Waals surface area contributed by atoms with Crippen LogP contribution in [0, 0.1) is 5.41 Å². The second-order valence-electron chi connectivity index (χ2n) is 7.21. The zero-order valence-electron chi connectivity index (χ0n) is 14.6. The van der Waals surface area contributed by atoms with Crippen LogP contribution in [0.15, 0.2) is 42.9 Å². The molecule has 2 aliphatic rings. The Hall–Kier alpha value is -2.28. The van der Waals surface area contributed by atoms with Crippen LogP contribution in [0.5, 0.6) is 0 Å². The normalized spacial score (nSPS) is 24.4. The van der Waals surface area contributed by atoms with E-state index in [-0.39, 0.29) is 32.0 Å². The number of halogens is 3. The molecule has 1 spiro atoms. The fraction of sp³-hybridized carbons (Fsp3) is 0.421. The lowest BCUT2D eigenvalue weighted by atomic mass is 9.75. The lowest BCUT2D eigenvalue weighted by molar-refractivity contribution is -0.150. The van der Waals surface area contributed by atoms with Crippen LogP contribution in [-0.2, 0) is 0 Å². The largest absolute Gasteiger partial charge is 0.354 e. The molecule has 1 aromatic carbocycles. The number of hydrogen-bond acceptors (Lipinski definition) is 4. The minimum absolute atomic E-state index is 0.0160. The number of alkyl halides is 2. The van der Waals surface area contributed by atoms with Crippen molar-refractivity contribution in [2.24, 2.45) is 5.41 Å². The van der Waals surface area contributed by atoms with Gasteiger partial charge in [0.1, 0.15) is 5.82 Å². The first-order chi connectivity index (χ1) is 12.9. The van der Waals surface area contributed by atoms with Crippen molar-refractivity contribution in [3.8, 4) is 0 Å². The molecule has 0 bridgehead atoms. The van der Waals surface area contributed by atoms with E-state index >= 15 is 0 Å². The summed E-state index contributed by atoms with van der Waals surface area (Å²) in [5, 5.41) is 0.451. The van der Waals surface area contributed by atoms with Gasteiger partial charge in [0.25, 0.3) is 11.8 Å². The highest BCUT2D eigenvalue weighted by Crippen LogP contribution is 2.50. The van der Waals surface area contributed by atoms with E-state index < -0.39 is 11.3 Å². The van der Waals surface area contributed by atoms with Crippen molar-refractivity contribution in [1.82, 2.24) is 14.9 Å². The van der Waals surface area contributed by atoms with Gasteiger partial charge in [0.05, 0.1) is 11.6 Å². The summed E-state index contributed by atoms with van der Waals surface area (Å²) < 4.78 is 29.9. The third kappa shape index (κ3) is 3.25. The van der Waals surface area contributed by atoms with Crippen molar-refractivity contribution in [1.29, 1.82) is 0 Å². The molecule has 5 nitrogen and oxygen atoms in total. The summed E-state index contributed by atoms with van der Waals surface area (Å²) in [5.41, 5.74) is -0.858. The minimum atomic E-state index is -2.84. The molecule has 0 N–H and O–H groups in total. The Balaban J connectivity index is 1.57. The lowest BCUT2D eigenvalue weighted by Gasteiger charge is -2.45. The highest BCUT2D eigenvalue weighted by molar-refractivity contribution is 6.30. The fourth-order valence-electron chi connectivity index (χ4n) is 4.03. The van der Waals surface area contributed by atoms with Gasteiger partial charge in [0.2, 0.25) is 0 Å². The Morgan fingerprint density at radius 3 is 2.74 bits per heavy atom. The molecule has 2 fully saturated rings. The van der Waals surface area contributed by atoms with Gasteiger partial charge in [-0.2, -0.15) is 0 Å². The molecule has 1 unspecified atom stereocenters. The monoisotopic (exact) mass is 392 g/mol. The van der Waals surface area contributed by atoms with Gasteiger partial charge in [-0.1, -0.05) is 17.7 Å². The standard InChI is InChI=1S/C19H19ClF2N4O/c20-15-3-1-2-14(10-15)17(27)26-9-5-19(21,22)18(13-26)4-8-25(12-18)16-11-23-6-7-24-16/h1-3,6-7,10-11H,4-5,8-9,12-13H2. The van der Waals surface area contributed by atoms with Gasteiger partial charge in [-0.3, -0.25) is 9.78 Å². The molecule has 4 rings (SSSR count). The van der Waals surface area contributed by atoms with Crippen molar-refractivity contribution in [2.45, 2.75) is 18.8 Å². The molecule has 0 aliphatic carbocycles. The van der Waals surface area contributed by atoms with Gasteiger partial charge >= 0.3 is 0 Å². The Kier molecular flexibility index (Phi) is 4.50. The summed E-state index contributed by atoms with van der Waals surface area (Å²) in [7, 11) is 0. The summed E-state index contributed by atoms with van der Waals surface area (Å²) in [6.07, 6.45) is 4.64. The Labute approximate surface area is 161 Å². The number of carbonyl (C=O) groups is 1. The van der Waals surface area contributed by atoms with Crippen molar-refractivity contribution in [3.63, 3.8) is 0 Å². The zero-order valence-corrected chi connectivity index (χ0v) is 15.4. The first-order valence-electron chi connectivity index (χ1n) is 8.84. The van der Waals surface area contributed by atoms with Gasteiger partial charge in [-0.15, -0.1) is 0 Å². The molecule has 2 saturated heterocycles. The number of amides is 1. The number of hydrogen-bond donors (Lipinski definition) is 0. The van der Waals surface area contributed by atoms with E-state index in [0.29, 0.717) is 29.4 Å². The lowest BCUT2D eigenvalue weighted by Crippen LogP contribution is -2.58. The van der Waals surface area contributed by atoms with Crippen LogP contribution in [0.25, 0.3) is 0 Å². The van der Waals surface area contributed by atoms with Gasteiger partial charge in [-0.05, 0) is 24.6 Å². The molecule has 0 saturated carbocycles. The van der Waals surface area contributed by atoms with E-state index in [1.54, 1.807) is 42.9 Å². The third-order valence-electron chi connectivity index (χ3n) is 5.55. The van der Waals surface area contributed by atoms with Crippen molar-refractivity contribution < 1.29 is 13.6 Å². The number of aromatic nitrogens is 2. The third-order valence-corrected chi connectivity index (χ3v) is 5.79. The van der Waals surface area contributed by atoms with E-state index in [1.807, 2.05) is 4.90 Å². The number of likely N-dealkylation sites (tertiary alicyclic amines) is 1. The number of anilines is 1. The predicted molar refractivity (Wildman–Crippen MR) is 98.2 cm³/mol. The van der Waals surface area contributed by atoms with E-state index in [2.05, 4.69) is 9.97 Å². The molecule has 3 heterocycles. The Morgan fingerprint density at radius 2 is 2.00 bits per heavy atom. The van der Waals surface area contributed by atoms with Gasteiger partial charge in [0.15, 0.2) is 0 Å². The van der Waals surface area contributed by atoms with Crippen molar-refractivity contribution in [3.05, 3.63) is 53.4 Å². The highest BCUT2D eigenvalue weighted by atomic mass is 35.5. The maximum atomic E-state index is 14.9. The van der Waals surface area contributed by atoms with Crippen LogP contribution in [0.2, 0.25) is 5.02 Å². The Morgan fingerprint density at radius 1 is 1.15 bits per heavy atom. The SMILES string of the molecule is O=C(c1cccc(Cl)c1)N1CCC(F)(F)C2(CCN(c3cnccn3)C2)C1. The summed E-state index contributed by atoms with van der Waals surface area (Å²) in [6, 6.07) is 6.60. The molecular formula is C19H19ClF2N4O. The molecule has 2 aliphatic heterocycles. The van der Waals surface area contributed by atoms with Gasteiger partial charge in [-0.25, -0.2) is 13.8 Å². The van der Waals surface area contributed by atoms with Crippen LogP contribution in [0.4, 0.5) is 14.6 Å². The maximum Gasteiger partial charge on any atom is 0.258 e. The van der Waals surface area contributed by atoms with E-state index in [1.165, 1.54) is 4.90 Å². The first-order valence-corrected chi connectivity index (χ1v) is 9.22. The van der Waals surface area contributed by atoms with E-state index in [9.17, 15) is 13.6 Å². The average Bonchev–Trinajstić information content (AvgIpc) is 3.10. The highest BCUT2D eigenvalue weighted by Gasteiger charge is 2.60. The minimum Gasteiger partial charge on any atom is -0.354 e. The van der Waals surface area contributed by atoms with Crippen LogP contribution < -0.4 is 4.90 Å².